The topological polar surface area (TPSA) is 60.3 Å². The van der Waals surface area contributed by atoms with Crippen LogP contribution in [0.4, 0.5) is 13.6 Å². The smallest absolute Gasteiger partial charge is 0.408 e. The lowest BCUT2D eigenvalue weighted by Crippen LogP contribution is -2.33. The van der Waals surface area contributed by atoms with Crippen molar-refractivity contribution in [1.82, 2.24) is 9.88 Å². The summed E-state index contributed by atoms with van der Waals surface area (Å²) >= 11 is 0. The van der Waals surface area contributed by atoms with Gasteiger partial charge in [-0.2, -0.15) is 0 Å². The van der Waals surface area contributed by atoms with Crippen molar-refractivity contribution in [3.05, 3.63) is 106 Å². The molecule has 1 fully saturated rings. The van der Waals surface area contributed by atoms with Gasteiger partial charge >= 0.3 is 6.09 Å². The van der Waals surface area contributed by atoms with E-state index in [-0.39, 0.29) is 28.3 Å². The molecule has 0 unspecified atom stereocenters. The number of halogens is 2. The Labute approximate surface area is 194 Å². The molecule has 1 heterocycles. The number of carbonyl (C=O) groups is 1. The van der Waals surface area contributed by atoms with Gasteiger partial charge in [-0.1, -0.05) is 42.5 Å². The molecule has 1 N–H and O–H groups in total. The summed E-state index contributed by atoms with van der Waals surface area (Å²) in [6.45, 7) is 1.65. The first kappa shape index (κ1) is 21.8. The molecule has 4 aromatic rings. The predicted octanol–water partition coefficient (Wildman–Crippen LogP) is 5.82. The zero-order valence-electron chi connectivity index (χ0n) is 18.4. The van der Waals surface area contributed by atoms with Gasteiger partial charge in [-0.05, 0) is 61.6 Å². The first-order valence-electron chi connectivity index (χ1n) is 11.1. The molecule has 3 aromatic carbocycles. The molecule has 0 bridgehead atoms. The van der Waals surface area contributed by atoms with Crippen molar-refractivity contribution in [1.29, 1.82) is 0 Å². The van der Waals surface area contributed by atoms with Gasteiger partial charge in [-0.15, -0.1) is 0 Å². The average Bonchev–Trinajstić information content (AvgIpc) is 3.66. The molecule has 5 nitrogen and oxygen atoms in total. The van der Waals surface area contributed by atoms with E-state index in [0.29, 0.717) is 16.9 Å². The summed E-state index contributed by atoms with van der Waals surface area (Å²) in [5.74, 6) is -0.814. The van der Waals surface area contributed by atoms with Crippen molar-refractivity contribution in [3.8, 4) is 11.4 Å². The number of aromatic nitrogens is 1. The van der Waals surface area contributed by atoms with Crippen molar-refractivity contribution in [3.63, 3.8) is 0 Å². The lowest BCUT2D eigenvalue weighted by molar-refractivity contribution is 0.194. The highest BCUT2D eigenvalue weighted by molar-refractivity contribution is 5.91. The van der Waals surface area contributed by atoms with Gasteiger partial charge < -0.3 is 10.1 Å². The summed E-state index contributed by atoms with van der Waals surface area (Å²) in [6, 6.07) is 18.7. The average molecular weight is 460 g/mol. The quantitative estimate of drug-likeness (QED) is 0.408. The lowest BCUT2D eigenvalue weighted by Gasteiger charge is -2.21. The number of benzene rings is 3. The second kappa shape index (κ2) is 8.74. The standard InChI is InChI=1S/C27H22F2N2O3/c1-16-25(34-27(33)30-24(17-13-14-17)18-7-5-8-19(28)15-18)21-11-6-12-22(29)23(21)26(32)31(16)20-9-3-2-4-10-20/h2-12,15,17,24H,13-14H2,1H3,(H,30,33)/t24-/m0/s1. The number of nitrogens with zero attached hydrogens (tertiary/aromatic N) is 1. The third kappa shape index (κ3) is 4.05. The van der Waals surface area contributed by atoms with Crippen LogP contribution in [0, 0.1) is 24.5 Å². The van der Waals surface area contributed by atoms with Crippen LogP contribution in [-0.2, 0) is 0 Å². The molecule has 34 heavy (non-hydrogen) atoms. The highest BCUT2D eigenvalue weighted by atomic mass is 19.1. The fraction of sp³-hybridized carbons (Fsp3) is 0.185. The maximum Gasteiger partial charge on any atom is 0.413 e. The molecule has 172 valence electrons. The van der Waals surface area contributed by atoms with Gasteiger partial charge in [0.2, 0.25) is 0 Å². The summed E-state index contributed by atoms with van der Waals surface area (Å²) in [6.07, 6.45) is 1.06. The number of nitrogens with one attached hydrogen (secondary N) is 1. The van der Waals surface area contributed by atoms with Gasteiger partial charge in [0.05, 0.1) is 17.1 Å². The zero-order chi connectivity index (χ0) is 23.8. The molecule has 0 radical (unpaired) electrons. The second-order valence-corrected chi connectivity index (χ2v) is 8.46. The summed E-state index contributed by atoms with van der Waals surface area (Å²) in [5, 5.41) is 2.89. The Hall–Kier alpha value is -4.00. The van der Waals surface area contributed by atoms with E-state index < -0.39 is 23.5 Å². The molecular formula is C27H22F2N2O3. The molecular weight excluding hydrogens is 438 g/mol. The maximum absolute atomic E-state index is 14.8. The minimum atomic E-state index is -0.756. The Bertz CT molecular complexity index is 1450. The third-order valence-corrected chi connectivity index (χ3v) is 6.12. The minimum Gasteiger partial charge on any atom is -0.408 e. The molecule has 0 spiro atoms. The summed E-state index contributed by atoms with van der Waals surface area (Å²) < 4.78 is 35.6. The molecule has 7 heteroatoms. The van der Waals surface area contributed by atoms with E-state index in [2.05, 4.69) is 5.32 Å². The number of ether oxygens (including phenoxy) is 1. The fourth-order valence-electron chi connectivity index (χ4n) is 4.36. The van der Waals surface area contributed by atoms with Crippen molar-refractivity contribution in [2.24, 2.45) is 5.92 Å². The van der Waals surface area contributed by atoms with Crippen molar-refractivity contribution in [2.45, 2.75) is 25.8 Å². The molecule has 0 aliphatic heterocycles. The third-order valence-electron chi connectivity index (χ3n) is 6.12. The number of carbonyl (C=O) groups excluding carboxylic acids is 1. The van der Waals surface area contributed by atoms with Gasteiger partial charge in [0, 0.05) is 11.1 Å². The van der Waals surface area contributed by atoms with Crippen LogP contribution in [0.2, 0.25) is 0 Å². The number of hydrogen-bond acceptors (Lipinski definition) is 3. The Balaban J connectivity index is 1.56. The number of fused-ring (bicyclic) bond motifs is 1. The van der Waals surface area contributed by atoms with Crippen LogP contribution in [0.5, 0.6) is 5.75 Å². The molecule has 1 amide bonds. The lowest BCUT2D eigenvalue weighted by atomic mass is 10.0. The molecule has 1 aliphatic carbocycles. The molecule has 1 aliphatic rings. The van der Waals surface area contributed by atoms with E-state index in [0.717, 1.165) is 12.8 Å². The Kier molecular flexibility index (Phi) is 5.61. The normalized spacial score (nSPS) is 14.1. The highest BCUT2D eigenvalue weighted by Gasteiger charge is 2.34. The SMILES string of the molecule is Cc1c(OC(=O)N[C@H](c2cccc(F)c2)C2CC2)c2cccc(F)c2c(=O)n1-c1ccccc1. The van der Waals surface area contributed by atoms with Crippen LogP contribution in [0.25, 0.3) is 16.5 Å². The first-order valence-corrected chi connectivity index (χ1v) is 11.1. The van der Waals surface area contributed by atoms with Crippen LogP contribution in [0.15, 0.2) is 77.6 Å². The predicted molar refractivity (Wildman–Crippen MR) is 125 cm³/mol. The van der Waals surface area contributed by atoms with Gasteiger partial charge in [0.1, 0.15) is 11.6 Å². The fourth-order valence-corrected chi connectivity index (χ4v) is 4.36. The largest absolute Gasteiger partial charge is 0.413 e. The van der Waals surface area contributed by atoms with E-state index >= 15 is 0 Å². The second-order valence-electron chi connectivity index (χ2n) is 8.46. The van der Waals surface area contributed by atoms with Gasteiger partial charge in [0.25, 0.3) is 5.56 Å². The first-order chi connectivity index (χ1) is 16.4. The number of para-hydroxylation sites is 1. The Morgan fingerprint density at radius 3 is 2.47 bits per heavy atom. The van der Waals surface area contributed by atoms with Gasteiger partial charge in [0.15, 0.2) is 5.75 Å². The van der Waals surface area contributed by atoms with Crippen molar-refractivity contribution >= 4 is 16.9 Å². The minimum absolute atomic E-state index is 0.0873. The van der Waals surface area contributed by atoms with Crippen molar-refractivity contribution in [2.75, 3.05) is 0 Å². The molecule has 1 aromatic heterocycles. The molecule has 1 saturated carbocycles. The number of amides is 1. The summed E-state index contributed by atoms with van der Waals surface area (Å²) in [4.78, 5) is 26.3. The van der Waals surface area contributed by atoms with E-state index in [1.165, 1.54) is 28.8 Å². The van der Waals surface area contributed by atoms with Crippen LogP contribution >= 0.6 is 0 Å². The molecule has 5 rings (SSSR count). The monoisotopic (exact) mass is 460 g/mol. The summed E-state index contributed by atoms with van der Waals surface area (Å²) in [5.41, 5.74) is 0.996. The summed E-state index contributed by atoms with van der Waals surface area (Å²) in [7, 11) is 0. The number of hydrogen-bond donors (Lipinski definition) is 1. The molecule has 1 atom stereocenters. The van der Waals surface area contributed by atoms with E-state index in [4.69, 9.17) is 4.74 Å². The molecule has 0 saturated heterocycles. The zero-order valence-corrected chi connectivity index (χ0v) is 18.4. The van der Waals surface area contributed by atoms with E-state index in [9.17, 15) is 18.4 Å². The Morgan fingerprint density at radius 2 is 1.76 bits per heavy atom. The Morgan fingerprint density at radius 1 is 1.03 bits per heavy atom. The highest BCUT2D eigenvalue weighted by Crippen LogP contribution is 2.41. The number of rotatable bonds is 5. The van der Waals surface area contributed by atoms with Crippen LogP contribution in [-0.4, -0.2) is 10.7 Å². The van der Waals surface area contributed by atoms with Crippen molar-refractivity contribution < 1.29 is 18.3 Å². The van der Waals surface area contributed by atoms with Gasteiger partial charge in [-0.25, -0.2) is 13.6 Å². The number of pyridine rings is 1. The van der Waals surface area contributed by atoms with E-state index in [1.807, 2.05) is 0 Å². The van der Waals surface area contributed by atoms with Gasteiger partial charge in [-0.3, -0.25) is 9.36 Å². The van der Waals surface area contributed by atoms with Crippen LogP contribution in [0.1, 0.15) is 30.1 Å². The maximum atomic E-state index is 14.8. The van der Waals surface area contributed by atoms with Crippen LogP contribution < -0.4 is 15.6 Å². The van der Waals surface area contributed by atoms with Crippen LogP contribution in [0.3, 0.4) is 0 Å². The van der Waals surface area contributed by atoms with E-state index in [1.54, 1.807) is 55.5 Å².